The Morgan fingerprint density at radius 1 is 0.950 bits per heavy atom. The number of anilines is 1. The Balaban J connectivity index is 2.40. The van der Waals surface area contributed by atoms with E-state index >= 15 is 0 Å². The fourth-order valence-electron chi connectivity index (χ4n) is 1.70. The van der Waals surface area contributed by atoms with Crippen LogP contribution in [0.5, 0.6) is 0 Å². The molecule has 0 spiro atoms. The molecule has 0 amide bonds. The van der Waals surface area contributed by atoms with Gasteiger partial charge in [-0.05, 0) is 64.8 Å². The first-order valence-corrected chi connectivity index (χ1v) is 9.39. The summed E-state index contributed by atoms with van der Waals surface area (Å²) in [5, 5.41) is 0. The van der Waals surface area contributed by atoms with Crippen LogP contribution in [0.15, 0.2) is 54.7 Å². The van der Waals surface area contributed by atoms with Crippen LogP contribution >= 0.6 is 47.8 Å². The molecule has 0 saturated heterocycles. The number of rotatable bonds is 3. The molecule has 106 valence electrons. The van der Waals surface area contributed by atoms with Crippen molar-refractivity contribution in [1.82, 2.24) is 0 Å². The van der Waals surface area contributed by atoms with E-state index in [4.69, 9.17) is 0 Å². The Morgan fingerprint density at radius 2 is 1.65 bits per heavy atom. The van der Waals surface area contributed by atoms with Crippen molar-refractivity contribution in [1.29, 1.82) is 0 Å². The summed E-state index contributed by atoms with van der Waals surface area (Å²) in [5.41, 5.74) is 1.48. The second-order valence-corrected chi connectivity index (χ2v) is 8.53. The fraction of sp³-hybridized carbons (Fsp3) is 0.0769. The third-order valence-corrected chi connectivity index (χ3v) is 5.79. The maximum absolute atomic E-state index is 12.4. The lowest BCUT2D eigenvalue weighted by molar-refractivity contribution is 0.600. The zero-order valence-corrected chi connectivity index (χ0v) is 15.9. The Kier molecular flexibility index (Phi) is 4.94. The molecule has 0 unspecified atom stereocenters. The van der Waals surface area contributed by atoms with Crippen molar-refractivity contribution < 1.29 is 8.42 Å². The van der Waals surface area contributed by atoms with E-state index in [1.54, 1.807) is 30.3 Å². The quantitative estimate of drug-likeness (QED) is 0.661. The Labute approximate surface area is 143 Å². The van der Waals surface area contributed by atoms with Gasteiger partial charge in [-0.3, -0.25) is 4.72 Å². The van der Waals surface area contributed by atoms with Crippen molar-refractivity contribution in [2.24, 2.45) is 0 Å². The average molecular weight is 484 g/mol. The summed E-state index contributed by atoms with van der Waals surface area (Å²) in [6, 6.07) is 10.3. The van der Waals surface area contributed by atoms with Gasteiger partial charge in [-0.25, -0.2) is 8.42 Å². The first kappa shape index (κ1) is 16.0. The smallest absolute Gasteiger partial charge is 0.263 e. The molecule has 0 radical (unpaired) electrons. The second kappa shape index (κ2) is 6.17. The van der Waals surface area contributed by atoms with E-state index in [2.05, 4.69) is 52.5 Å². The van der Waals surface area contributed by atoms with Crippen molar-refractivity contribution in [3.05, 3.63) is 55.4 Å². The average Bonchev–Trinajstić information content (AvgIpc) is 2.25. The minimum atomic E-state index is -3.63. The number of benzene rings is 2. The van der Waals surface area contributed by atoms with Crippen LogP contribution in [-0.4, -0.2) is 8.42 Å². The van der Waals surface area contributed by atoms with Crippen molar-refractivity contribution >= 4 is 63.5 Å². The fourth-order valence-corrected chi connectivity index (χ4v) is 5.09. The third-order valence-electron chi connectivity index (χ3n) is 2.48. The summed E-state index contributed by atoms with van der Waals surface area (Å²) >= 11 is 9.91. The number of sulfonamides is 1. The molecular formula is C13H10Br3NO2S. The van der Waals surface area contributed by atoms with E-state index in [1.807, 2.05) is 13.0 Å². The molecule has 1 N–H and O–H groups in total. The van der Waals surface area contributed by atoms with Crippen LogP contribution in [0.2, 0.25) is 0 Å². The summed E-state index contributed by atoms with van der Waals surface area (Å²) in [6.45, 7) is 1.90. The molecule has 0 fully saturated rings. The summed E-state index contributed by atoms with van der Waals surface area (Å²) in [5.74, 6) is 0. The highest BCUT2D eigenvalue weighted by atomic mass is 79.9. The maximum atomic E-state index is 12.4. The molecular weight excluding hydrogens is 474 g/mol. The standard InChI is InChI=1S/C13H10Br3NO2S/c1-8-4-10(15)6-11(5-8)17-20(18,19)13-3-2-9(14)7-12(13)16/h2-7,17H,1H3. The SMILES string of the molecule is Cc1cc(Br)cc(NS(=O)(=O)c2ccc(Br)cc2Br)c1. The molecule has 2 aromatic carbocycles. The highest BCUT2D eigenvalue weighted by Crippen LogP contribution is 2.28. The van der Waals surface area contributed by atoms with Crippen LogP contribution in [0, 0.1) is 6.92 Å². The highest BCUT2D eigenvalue weighted by Gasteiger charge is 2.18. The van der Waals surface area contributed by atoms with Gasteiger partial charge in [0.1, 0.15) is 4.90 Å². The molecule has 2 rings (SSSR count). The van der Waals surface area contributed by atoms with Crippen molar-refractivity contribution in [2.75, 3.05) is 4.72 Å². The molecule has 0 heterocycles. The molecule has 0 aliphatic rings. The van der Waals surface area contributed by atoms with E-state index in [0.29, 0.717) is 10.2 Å². The molecule has 0 aliphatic heterocycles. The zero-order chi connectivity index (χ0) is 14.9. The first-order valence-electron chi connectivity index (χ1n) is 5.53. The molecule has 0 saturated carbocycles. The third kappa shape index (κ3) is 3.84. The summed E-state index contributed by atoms with van der Waals surface area (Å²) in [7, 11) is -3.63. The molecule has 3 nitrogen and oxygen atoms in total. The number of nitrogens with one attached hydrogen (secondary N) is 1. The molecule has 0 bridgehead atoms. The van der Waals surface area contributed by atoms with Crippen molar-refractivity contribution in [3.8, 4) is 0 Å². The topological polar surface area (TPSA) is 46.2 Å². The van der Waals surface area contributed by atoms with Gasteiger partial charge in [0.05, 0.1) is 5.69 Å². The van der Waals surface area contributed by atoms with E-state index in [0.717, 1.165) is 14.5 Å². The normalized spacial score (nSPS) is 11.4. The minimum Gasteiger partial charge on any atom is -0.280 e. The number of hydrogen-bond donors (Lipinski definition) is 1. The van der Waals surface area contributed by atoms with Crippen LogP contribution in [0.1, 0.15) is 5.56 Å². The number of halogens is 3. The Hall–Kier alpha value is -0.370. The molecule has 0 aliphatic carbocycles. The van der Waals surface area contributed by atoms with Gasteiger partial charge in [-0.15, -0.1) is 0 Å². The number of aryl methyl sites for hydroxylation is 1. The van der Waals surface area contributed by atoms with Gasteiger partial charge in [-0.1, -0.05) is 31.9 Å². The lowest BCUT2D eigenvalue weighted by Gasteiger charge is -2.11. The van der Waals surface area contributed by atoms with Gasteiger partial charge < -0.3 is 0 Å². The van der Waals surface area contributed by atoms with Crippen molar-refractivity contribution in [2.45, 2.75) is 11.8 Å². The van der Waals surface area contributed by atoms with Gasteiger partial charge >= 0.3 is 0 Å². The van der Waals surface area contributed by atoms with Gasteiger partial charge in [0.2, 0.25) is 0 Å². The predicted octanol–water partition coefficient (Wildman–Crippen LogP) is 5.08. The van der Waals surface area contributed by atoms with Gasteiger partial charge in [0, 0.05) is 13.4 Å². The zero-order valence-electron chi connectivity index (χ0n) is 10.3. The molecule has 7 heteroatoms. The van der Waals surface area contributed by atoms with Crippen LogP contribution < -0.4 is 4.72 Å². The van der Waals surface area contributed by atoms with Gasteiger partial charge in [0.15, 0.2) is 0 Å². The molecule has 0 atom stereocenters. The molecule has 2 aromatic rings. The van der Waals surface area contributed by atoms with E-state index in [9.17, 15) is 8.42 Å². The van der Waals surface area contributed by atoms with E-state index in [1.165, 1.54) is 0 Å². The van der Waals surface area contributed by atoms with Crippen LogP contribution in [0.25, 0.3) is 0 Å². The van der Waals surface area contributed by atoms with Gasteiger partial charge in [0.25, 0.3) is 10.0 Å². The van der Waals surface area contributed by atoms with Crippen LogP contribution in [-0.2, 0) is 10.0 Å². The predicted molar refractivity (Wildman–Crippen MR) is 91.5 cm³/mol. The van der Waals surface area contributed by atoms with E-state index in [-0.39, 0.29) is 4.90 Å². The maximum Gasteiger partial charge on any atom is 0.263 e. The van der Waals surface area contributed by atoms with E-state index < -0.39 is 10.0 Å². The Bertz CT molecular complexity index is 740. The largest absolute Gasteiger partial charge is 0.280 e. The molecule has 20 heavy (non-hydrogen) atoms. The minimum absolute atomic E-state index is 0.193. The summed E-state index contributed by atoms with van der Waals surface area (Å²) in [4.78, 5) is 0.193. The second-order valence-electron chi connectivity index (χ2n) is 4.20. The van der Waals surface area contributed by atoms with Crippen LogP contribution in [0.4, 0.5) is 5.69 Å². The van der Waals surface area contributed by atoms with Crippen LogP contribution in [0.3, 0.4) is 0 Å². The lowest BCUT2D eigenvalue weighted by Crippen LogP contribution is -2.13. The number of hydrogen-bond acceptors (Lipinski definition) is 2. The molecule has 0 aromatic heterocycles. The Morgan fingerprint density at radius 3 is 2.25 bits per heavy atom. The highest BCUT2D eigenvalue weighted by molar-refractivity contribution is 9.11. The summed E-state index contributed by atoms with van der Waals surface area (Å²) < 4.78 is 29.5. The monoisotopic (exact) mass is 481 g/mol. The van der Waals surface area contributed by atoms with Gasteiger partial charge in [-0.2, -0.15) is 0 Å². The lowest BCUT2D eigenvalue weighted by atomic mass is 10.2. The summed E-state index contributed by atoms with van der Waals surface area (Å²) in [6.07, 6.45) is 0. The first-order chi connectivity index (χ1) is 9.28. The van der Waals surface area contributed by atoms with Crippen molar-refractivity contribution in [3.63, 3.8) is 0 Å².